The molecule has 5 heteroatoms. The molecule has 4 nitrogen and oxygen atoms in total. The largest absolute Gasteiger partial charge is 0.481 e. The van der Waals surface area contributed by atoms with Gasteiger partial charge in [0, 0.05) is 5.54 Å². The molecule has 6 aliphatic carbocycles. The summed E-state index contributed by atoms with van der Waals surface area (Å²) in [4.78, 5) is 12.0. The lowest BCUT2D eigenvalue weighted by Gasteiger charge is -2.72. The Morgan fingerprint density at radius 1 is 0.939 bits per heavy atom. The monoisotopic (exact) mass is 680 g/mol. The predicted molar refractivity (Wildman–Crippen MR) is 199 cm³/mol. The number of rotatable bonds is 10. The first-order valence-corrected chi connectivity index (χ1v) is 20.2. The summed E-state index contributed by atoms with van der Waals surface area (Å²) in [5, 5.41) is 25.1. The van der Waals surface area contributed by atoms with Gasteiger partial charge in [0.15, 0.2) is 0 Å². The molecule has 0 spiro atoms. The van der Waals surface area contributed by atoms with Crippen molar-refractivity contribution in [3.05, 3.63) is 35.5 Å². The van der Waals surface area contributed by atoms with E-state index in [4.69, 9.17) is 0 Å². The number of allylic oxidation sites excluding steroid dienone is 5. The van der Waals surface area contributed by atoms with Crippen LogP contribution in [0.4, 0.5) is 4.39 Å². The SMILES string of the molecule is C=C(C)[C@@H]1CC[C@]2(NCCC(O)(CC)CC)CC[C@]3(C)[C@H](CC[C@@H]4[C@@]5(C)CC=C(C6=CCC(CF)(C(=O)O)CC6)C(C)(C)[C@@H]5CC[C@]43C)[C@@H]12. The van der Waals surface area contributed by atoms with Gasteiger partial charge in [0.1, 0.15) is 6.67 Å². The average Bonchev–Trinajstić information content (AvgIpc) is 3.45. The van der Waals surface area contributed by atoms with Crippen molar-refractivity contribution in [2.75, 3.05) is 13.2 Å². The number of carbonyl (C=O) groups is 1. The minimum atomic E-state index is -1.25. The van der Waals surface area contributed by atoms with E-state index in [2.05, 4.69) is 79.4 Å². The molecule has 49 heavy (non-hydrogen) atoms. The van der Waals surface area contributed by atoms with E-state index in [9.17, 15) is 19.4 Å². The highest BCUT2D eigenvalue weighted by Gasteiger charge is 2.70. The Morgan fingerprint density at radius 3 is 2.24 bits per heavy atom. The third-order valence-corrected chi connectivity index (χ3v) is 17.7. The van der Waals surface area contributed by atoms with Crippen LogP contribution in [0.3, 0.4) is 0 Å². The highest BCUT2D eigenvalue weighted by molar-refractivity contribution is 5.75. The maximum atomic E-state index is 14.0. The van der Waals surface area contributed by atoms with Gasteiger partial charge in [-0.05, 0) is 172 Å². The molecule has 0 amide bonds. The zero-order chi connectivity index (χ0) is 35.8. The zero-order valence-electron chi connectivity index (χ0n) is 32.5. The minimum absolute atomic E-state index is 0.00208. The van der Waals surface area contributed by atoms with E-state index in [0.29, 0.717) is 48.9 Å². The van der Waals surface area contributed by atoms with E-state index in [1.54, 1.807) is 0 Å². The highest BCUT2D eigenvalue weighted by atomic mass is 19.1. The standard InChI is InChI=1S/C44H70FNO3/c1-10-43(49,11-2)26-27-46-44-23-16-31(29(3)4)36(44)33-12-13-35-39(7)19-17-32(30-14-21-42(28-45,22-15-30)37(47)48)38(5,6)34(39)18-20-41(35,9)40(33,8)24-25-44/h14,17,31,33-36,46,49H,3,10-13,15-16,18-28H2,1-2,4-9H3,(H,47,48)/t31-,33+,34-,35+,36+,39-,40+,41+,42?,44-/m0/s1. The fraction of sp³-hybridized carbons (Fsp3) is 0.841. The van der Waals surface area contributed by atoms with Crippen LogP contribution in [0.2, 0.25) is 0 Å². The molecule has 0 bridgehead atoms. The van der Waals surface area contributed by atoms with Crippen molar-refractivity contribution in [3.63, 3.8) is 0 Å². The molecule has 4 saturated carbocycles. The van der Waals surface area contributed by atoms with Crippen LogP contribution in [0.1, 0.15) is 152 Å². The van der Waals surface area contributed by atoms with Gasteiger partial charge in [0.05, 0.1) is 11.0 Å². The van der Waals surface area contributed by atoms with Crippen molar-refractivity contribution in [2.45, 2.75) is 163 Å². The van der Waals surface area contributed by atoms with Gasteiger partial charge >= 0.3 is 5.97 Å². The van der Waals surface area contributed by atoms with Crippen molar-refractivity contribution < 1.29 is 19.4 Å². The molecule has 4 fully saturated rings. The second-order valence-electron chi connectivity index (χ2n) is 19.6. The van der Waals surface area contributed by atoms with Crippen molar-refractivity contribution >= 4 is 5.97 Å². The lowest BCUT2D eigenvalue weighted by molar-refractivity contribution is -0.221. The smallest absolute Gasteiger partial charge is 0.312 e. The zero-order valence-corrected chi connectivity index (χ0v) is 32.5. The number of carboxylic acids is 1. The Kier molecular flexibility index (Phi) is 9.59. The molecule has 0 aromatic carbocycles. The number of alkyl halides is 1. The number of aliphatic carboxylic acids is 1. The van der Waals surface area contributed by atoms with Crippen molar-refractivity contribution in [2.24, 2.45) is 56.7 Å². The van der Waals surface area contributed by atoms with Crippen molar-refractivity contribution in [3.8, 4) is 0 Å². The van der Waals surface area contributed by atoms with Crippen LogP contribution in [0.15, 0.2) is 35.5 Å². The van der Waals surface area contributed by atoms with E-state index in [1.165, 1.54) is 68.1 Å². The second-order valence-corrected chi connectivity index (χ2v) is 19.6. The first kappa shape index (κ1) is 37.3. The molecule has 1 unspecified atom stereocenters. The molecule has 3 N–H and O–H groups in total. The van der Waals surface area contributed by atoms with Gasteiger partial charge in [0.2, 0.25) is 0 Å². The van der Waals surface area contributed by atoms with Crippen LogP contribution in [0.25, 0.3) is 0 Å². The molecule has 10 atom stereocenters. The molecule has 276 valence electrons. The maximum Gasteiger partial charge on any atom is 0.312 e. The highest BCUT2D eigenvalue weighted by Crippen LogP contribution is 2.76. The Hall–Kier alpha value is -1.46. The summed E-state index contributed by atoms with van der Waals surface area (Å²) in [6.45, 7) is 24.2. The first-order valence-electron chi connectivity index (χ1n) is 20.2. The van der Waals surface area contributed by atoms with Crippen LogP contribution >= 0.6 is 0 Å². The molecule has 6 aliphatic rings. The lowest BCUT2D eigenvalue weighted by Crippen LogP contribution is -2.68. The molecule has 0 aromatic rings. The number of hydrogen-bond acceptors (Lipinski definition) is 3. The minimum Gasteiger partial charge on any atom is -0.481 e. The normalized spacial score (nSPS) is 44.5. The van der Waals surface area contributed by atoms with E-state index < -0.39 is 23.7 Å². The fourth-order valence-corrected chi connectivity index (χ4v) is 14.3. The fourth-order valence-electron chi connectivity index (χ4n) is 14.3. The molecular formula is C44H70FNO3. The number of fused-ring (bicyclic) bond motifs is 7. The summed E-state index contributed by atoms with van der Waals surface area (Å²) in [5.74, 6) is 2.10. The summed E-state index contributed by atoms with van der Waals surface area (Å²) < 4.78 is 14.0. The average molecular weight is 680 g/mol. The van der Waals surface area contributed by atoms with Gasteiger partial charge in [-0.3, -0.25) is 4.79 Å². The predicted octanol–water partition coefficient (Wildman–Crippen LogP) is 10.6. The van der Waals surface area contributed by atoms with Gasteiger partial charge in [-0.2, -0.15) is 0 Å². The molecule has 0 aliphatic heterocycles. The van der Waals surface area contributed by atoms with E-state index in [0.717, 1.165) is 32.2 Å². The van der Waals surface area contributed by atoms with Crippen LogP contribution < -0.4 is 5.32 Å². The van der Waals surface area contributed by atoms with Crippen molar-refractivity contribution in [1.82, 2.24) is 5.32 Å². The Labute approximate surface area is 298 Å². The molecule has 0 aromatic heterocycles. The number of nitrogens with one attached hydrogen (secondary N) is 1. The van der Waals surface area contributed by atoms with E-state index in [-0.39, 0.29) is 27.2 Å². The van der Waals surface area contributed by atoms with E-state index >= 15 is 0 Å². The molecule has 0 heterocycles. The second kappa shape index (κ2) is 12.6. The lowest BCUT2D eigenvalue weighted by atomic mass is 9.33. The maximum absolute atomic E-state index is 14.0. The summed E-state index contributed by atoms with van der Waals surface area (Å²) >= 11 is 0. The number of hydrogen-bond donors (Lipinski definition) is 3. The third-order valence-electron chi connectivity index (χ3n) is 17.7. The van der Waals surface area contributed by atoms with Gasteiger partial charge < -0.3 is 15.5 Å². The van der Waals surface area contributed by atoms with Crippen LogP contribution in [-0.2, 0) is 4.79 Å². The summed E-state index contributed by atoms with van der Waals surface area (Å²) in [5.41, 5.74) is 3.16. The van der Waals surface area contributed by atoms with Gasteiger partial charge in [0.25, 0.3) is 0 Å². The topological polar surface area (TPSA) is 69.6 Å². The van der Waals surface area contributed by atoms with Crippen molar-refractivity contribution in [1.29, 1.82) is 0 Å². The quantitative estimate of drug-likeness (QED) is 0.201. The molecular weight excluding hydrogens is 609 g/mol. The molecule has 0 saturated heterocycles. The Bertz CT molecular complexity index is 1380. The third kappa shape index (κ3) is 5.42. The summed E-state index contributed by atoms with van der Waals surface area (Å²) in [7, 11) is 0. The Morgan fingerprint density at radius 2 is 1.65 bits per heavy atom. The number of halogens is 1. The van der Waals surface area contributed by atoms with Crippen LogP contribution in [-0.4, -0.2) is 40.5 Å². The summed E-state index contributed by atoms with van der Waals surface area (Å²) in [6.07, 6.45) is 19.6. The van der Waals surface area contributed by atoms with Gasteiger partial charge in [-0.1, -0.05) is 72.8 Å². The van der Waals surface area contributed by atoms with E-state index in [1.807, 2.05) is 0 Å². The van der Waals surface area contributed by atoms with Gasteiger partial charge in [-0.25, -0.2) is 4.39 Å². The summed E-state index contributed by atoms with van der Waals surface area (Å²) in [6, 6.07) is 0. The van der Waals surface area contributed by atoms with Crippen LogP contribution in [0, 0.1) is 56.7 Å². The Balaban J connectivity index is 1.28. The van der Waals surface area contributed by atoms with Crippen LogP contribution in [0.5, 0.6) is 0 Å². The molecule has 6 rings (SSSR count). The first-order chi connectivity index (χ1) is 22.9. The number of carboxylic acid groups (broad SMARTS) is 1. The molecule has 0 radical (unpaired) electrons. The number of aliphatic hydroxyl groups is 1. The van der Waals surface area contributed by atoms with Gasteiger partial charge in [-0.15, -0.1) is 0 Å².